The number of piperidine rings is 1. The lowest BCUT2D eigenvalue weighted by Gasteiger charge is -2.30. The van der Waals surface area contributed by atoms with Crippen LogP contribution in [0.5, 0.6) is 0 Å². The first-order chi connectivity index (χ1) is 14.8. The van der Waals surface area contributed by atoms with Crippen LogP contribution in [-0.4, -0.2) is 26.5 Å². The molecule has 0 aliphatic carbocycles. The Balaban J connectivity index is 1.83. The number of aryl methyl sites for hydroxylation is 1. The van der Waals surface area contributed by atoms with Crippen LogP contribution in [0.1, 0.15) is 32.3 Å². The number of anilines is 1. The van der Waals surface area contributed by atoms with E-state index >= 15 is 0 Å². The molecule has 3 aromatic rings. The van der Waals surface area contributed by atoms with Crippen molar-refractivity contribution in [3.8, 4) is 11.5 Å². The smallest absolute Gasteiger partial charge is 0.236 e. The average molecular weight is 479 g/mol. The van der Waals surface area contributed by atoms with Gasteiger partial charge in [0.25, 0.3) is 0 Å². The topological polar surface area (TPSA) is 63.4 Å². The molecule has 0 radical (unpaired) electrons. The van der Waals surface area contributed by atoms with Crippen LogP contribution in [0.4, 0.5) is 5.88 Å². The highest BCUT2D eigenvalue weighted by atomic mass is 35.5. The predicted octanol–water partition coefficient (Wildman–Crippen LogP) is 6.28. The number of aromatic nitrogens is 1. The van der Waals surface area contributed by atoms with Gasteiger partial charge in [0.1, 0.15) is 0 Å². The fourth-order valence-electron chi connectivity index (χ4n) is 3.68. The summed E-state index contributed by atoms with van der Waals surface area (Å²) < 4.78 is 33.1. The molecule has 0 spiro atoms. The molecule has 0 N–H and O–H groups in total. The van der Waals surface area contributed by atoms with Crippen LogP contribution in [0.2, 0.25) is 10.0 Å². The lowest BCUT2D eigenvalue weighted by atomic mass is 9.99. The van der Waals surface area contributed by atoms with E-state index < -0.39 is 9.84 Å². The van der Waals surface area contributed by atoms with Gasteiger partial charge in [0, 0.05) is 18.1 Å². The van der Waals surface area contributed by atoms with Gasteiger partial charge in [0.15, 0.2) is 0 Å². The molecule has 0 amide bonds. The van der Waals surface area contributed by atoms with Gasteiger partial charge >= 0.3 is 0 Å². The van der Waals surface area contributed by atoms with Crippen molar-refractivity contribution in [2.75, 3.05) is 18.0 Å². The second-order valence-electron chi connectivity index (χ2n) is 7.92. The molecule has 164 valence electrons. The molecule has 1 fully saturated rings. The Hall–Kier alpha value is -2.02. The molecule has 0 saturated carbocycles. The maximum Gasteiger partial charge on any atom is 0.236 e. The molecule has 1 aliphatic rings. The number of benzene rings is 2. The molecule has 0 bridgehead atoms. The van der Waals surface area contributed by atoms with Crippen molar-refractivity contribution in [2.24, 2.45) is 5.92 Å². The number of hydrogen-bond donors (Lipinski definition) is 0. The van der Waals surface area contributed by atoms with Gasteiger partial charge in [-0.2, -0.15) is 4.98 Å². The maximum absolute atomic E-state index is 13.5. The molecule has 1 aromatic heterocycles. The van der Waals surface area contributed by atoms with Crippen LogP contribution >= 0.6 is 23.2 Å². The van der Waals surface area contributed by atoms with Crippen molar-refractivity contribution in [1.29, 1.82) is 0 Å². The van der Waals surface area contributed by atoms with E-state index in [-0.39, 0.29) is 21.7 Å². The Bertz CT molecular complexity index is 1180. The third-order valence-corrected chi connectivity index (χ3v) is 7.92. The number of nitrogens with zero attached hydrogens (tertiary/aromatic N) is 2. The number of hydrogen-bond acceptors (Lipinski definition) is 5. The highest BCUT2D eigenvalue weighted by Gasteiger charge is 2.33. The Morgan fingerprint density at radius 3 is 2.39 bits per heavy atom. The maximum atomic E-state index is 13.5. The van der Waals surface area contributed by atoms with Gasteiger partial charge in [-0.15, -0.1) is 0 Å². The van der Waals surface area contributed by atoms with E-state index in [1.807, 2.05) is 24.0 Å². The first-order valence-electron chi connectivity index (χ1n) is 10.3. The Kier molecular flexibility index (Phi) is 6.33. The van der Waals surface area contributed by atoms with Crippen LogP contribution < -0.4 is 4.90 Å². The van der Waals surface area contributed by atoms with Crippen LogP contribution in [0.15, 0.2) is 56.8 Å². The highest BCUT2D eigenvalue weighted by Crippen LogP contribution is 2.38. The first kappa shape index (κ1) is 22.2. The zero-order valence-corrected chi connectivity index (χ0v) is 19.8. The SMILES string of the molecule is CCc1ccc(S(=O)(=O)c2nc(-c3ccc(Cl)cc3Cl)oc2N2CCC(C)CC2)cc1. The van der Waals surface area contributed by atoms with Crippen LogP contribution in [0.25, 0.3) is 11.5 Å². The molecule has 8 heteroatoms. The summed E-state index contributed by atoms with van der Waals surface area (Å²) in [5.74, 6) is 1.03. The number of rotatable bonds is 5. The van der Waals surface area contributed by atoms with E-state index in [1.165, 1.54) is 0 Å². The first-order valence-corrected chi connectivity index (χ1v) is 12.6. The minimum atomic E-state index is -3.88. The summed E-state index contributed by atoms with van der Waals surface area (Å²) in [7, 11) is -3.88. The van der Waals surface area contributed by atoms with Crippen LogP contribution in [-0.2, 0) is 16.3 Å². The molecule has 5 nitrogen and oxygen atoms in total. The molecule has 1 saturated heterocycles. The van der Waals surface area contributed by atoms with E-state index in [0.717, 1.165) is 24.8 Å². The van der Waals surface area contributed by atoms with Crippen molar-refractivity contribution in [1.82, 2.24) is 4.98 Å². The van der Waals surface area contributed by atoms with Gasteiger partial charge < -0.3 is 9.32 Å². The zero-order valence-electron chi connectivity index (χ0n) is 17.4. The molecular weight excluding hydrogens is 455 g/mol. The molecule has 0 atom stereocenters. The number of oxazole rings is 1. The molecule has 0 unspecified atom stereocenters. The van der Waals surface area contributed by atoms with Crippen molar-refractivity contribution < 1.29 is 12.8 Å². The summed E-state index contributed by atoms with van der Waals surface area (Å²) in [4.78, 5) is 6.59. The van der Waals surface area contributed by atoms with Crippen molar-refractivity contribution in [3.05, 3.63) is 58.1 Å². The molecular formula is C23H24Cl2N2O3S. The van der Waals surface area contributed by atoms with E-state index in [0.29, 0.717) is 34.6 Å². The largest absolute Gasteiger partial charge is 0.419 e. The monoisotopic (exact) mass is 478 g/mol. The van der Waals surface area contributed by atoms with E-state index in [9.17, 15) is 8.42 Å². The van der Waals surface area contributed by atoms with Gasteiger partial charge in [0.05, 0.1) is 15.5 Å². The summed E-state index contributed by atoms with van der Waals surface area (Å²) in [6, 6.07) is 11.8. The summed E-state index contributed by atoms with van der Waals surface area (Å²) >= 11 is 12.4. The van der Waals surface area contributed by atoms with Gasteiger partial charge in [-0.25, -0.2) is 8.42 Å². The Morgan fingerprint density at radius 1 is 1.10 bits per heavy atom. The number of halogens is 2. The van der Waals surface area contributed by atoms with E-state index in [4.69, 9.17) is 27.6 Å². The third kappa shape index (κ3) is 4.47. The summed E-state index contributed by atoms with van der Waals surface area (Å²) in [5.41, 5.74) is 1.57. The average Bonchev–Trinajstić information content (AvgIpc) is 3.20. The Labute approximate surface area is 192 Å². The lowest BCUT2D eigenvalue weighted by Crippen LogP contribution is -2.33. The fraction of sp³-hybridized carbons (Fsp3) is 0.348. The van der Waals surface area contributed by atoms with Gasteiger partial charge in [0.2, 0.25) is 26.6 Å². The zero-order chi connectivity index (χ0) is 22.2. The molecule has 2 heterocycles. The minimum Gasteiger partial charge on any atom is -0.419 e. The van der Waals surface area contributed by atoms with Gasteiger partial charge in [-0.1, -0.05) is 49.2 Å². The molecule has 31 heavy (non-hydrogen) atoms. The number of sulfone groups is 1. The standard InChI is InChI=1S/C23H24Cl2N2O3S/c1-3-16-4-7-18(8-5-16)31(28,29)22-23(27-12-10-15(2)11-13-27)30-21(26-22)19-9-6-17(24)14-20(19)25/h4-9,14-15H,3,10-13H2,1-2H3. The van der Waals surface area contributed by atoms with Gasteiger partial charge in [-0.3, -0.25) is 0 Å². The second kappa shape index (κ2) is 8.85. The third-order valence-electron chi connectivity index (χ3n) is 5.71. The van der Waals surface area contributed by atoms with Crippen LogP contribution in [0.3, 0.4) is 0 Å². The second-order valence-corrected chi connectivity index (χ2v) is 10.6. The van der Waals surface area contributed by atoms with Crippen LogP contribution in [0, 0.1) is 5.92 Å². The summed E-state index contributed by atoms with van der Waals surface area (Å²) in [6.45, 7) is 5.64. The summed E-state index contributed by atoms with van der Waals surface area (Å²) in [5, 5.41) is 0.755. The fourth-order valence-corrected chi connectivity index (χ4v) is 5.49. The normalized spacial score (nSPS) is 15.4. The van der Waals surface area contributed by atoms with Gasteiger partial charge in [-0.05, 0) is 61.1 Å². The quantitative estimate of drug-likeness (QED) is 0.431. The predicted molar refractivity (Wildman–Crippen MR) is 124 cm³/mol. The van der Waals surface area contributed by atoms with E-state index in [1.54, 1.807) is 30.3 Å². The van der Waals surface area contributed by atoms with E-state index in [2.05, 4.69) is 11.9 Å². The Morgan fingerprint density at radius 2 is 1.77 bits per heavy atom. The molecule has 2 aromatic carbocycles. The van der Waals surface area contributed by atoms with Crippen molar-refractivity contribution >= 4 is 38.9 Å². The van der Waals surface area contributed by atoms with Crippen molar-refractivity contribution in [3.63, 3.8) is 0 Å². The summed E-state index contributed by atoms with van der Waals surface area (Å²) in [6.07, 6.45) is 2.76. The molecule has 1 aliphatic heterocycles. The molecule has 4 rings (SSSR count). The van der Waals surface area contributed by atoms with Crippen molar-refractivity contribution in [2.45, 2.75) is 43.0 Å². The highest BCUT2D eigenvalue weighted by molar-refractivity contribution is 7.91. The lowest BCUT2D eigenvalue weighted by molar-refractivity contribution is 0.416. The minimum absolute atomic E-state index is 0.0766.